The van der Waals surface area contributed by atoms with Crippen LogP contribution in [-0.4, -0.2) is 19.7 Å². The smallest absolute Gasteiger partial charge is 0.120 e. The highest BCUT2D eigenvalue weighted by atomic mass is 35.5. The van der Waals surface area contributed by atoms with Crippen molar-refractivity contribution in [2.75, 3.05) is 13.7 Å². The standard InChI is InChI=1S/C12H18ClNO/c1-9(2)12(14-3)8-15-11-6-4-5-10(13)7-11/h4-7,9,12,14H,8H2,1-3H3. The minimum Gasteiger partial charge on any atom is -0.492 e. The minimum absolute atomic E-state index is 0.365. The number of benzene rings is 1. The van der Waals surface area contributed by atoms with Gasteiger partial charge in [-0.25, -0.2) is 0 Å². The molecule has 1 atom stereocenters. The van der Waals surface area contributed by atoms with Gasteiger partial charge in [0.25, 0.3) is 0 Å². The summed E-state index contributed by atoms with van der Waals surface area (Å²) in [6.45, 7) is 5.00. The fourth-order valence-corrected chi connectivity index (χ4v) is 1.53. The zero-order valence-corrected chi connectivity index (χ0v) is 10.2. The molecule has 0 amide bonds. The number of hydrogen-bond acceptors (Lipinski definition) is 2. The maximum Gasteiger partial charge on any atom is 0.120 e. The van der Waals surface area contributed by atoms with Crippen LogP contribution < -0.4 is 10.1 Å². The molecule has 0 spiro atoms. The molecule has 3 heteroatoms. The molecule has 1 rings (SSSR count). The van der Waals surface area contributed by atoms with Gasteiger partial charge in [0.1, 0.15) is 12.4 Å². The summed E-state index contributed by atoms with van der Waals surface area (Å²) in [5, 5.41) is 3.93. The average Bonchev–Trinajstić information content (AvgIpc) is 2.18. The van der Waals surface area contributed by atoms with Gasteiger partial charge in [0.05, 0.1) is 0 Å². The Bertz CT molecular complexity index is 301. The van der Waals surface area contributed by atoms with Gasteiger partial charge in [-0.3, -0.25) is 0 Å². The van der Waals surface area contributed by atoms with E-state index in [1.165, 1.54) is 0 Å². The van der Waals surface area contributed by atoms with Crippen LogP contribution in [-0.2, 0) is 0 Å². The van der Waals surface area contributed by atoms with Crippen molar-refractivity contribution in [3.8, 4) is 5.75 Å². The van der Waals surface area contributed by atoms with Crippen molar-refractivity contribution in [1.82, 2.24) is 5.32 Å². The number of hydrogen-bond donors (Lipinski definition) is 1. The maximum atomic E-state index is 5.86. The fraction of sp³-hybridized carbons (Fsp3) is 0.500. The molecule has 0 aliphatic rings. The van der Waals surface area contributed by atoms with Crippen molar-refractivity contribution >= 4 is 11.6 Å². The third kappa shape index (κ3) is 4.10. The van der Waals surface area contributed by atoms with E-state index in [2.05, 4.69) is 19.2 Å². The van der Waals surface area contributed by atoms with Gasteiger partial charge >= 0.3 is 0 Å². The van der Waals surface area contributed by atoms with E-state index in [-0.39, 0.29) is 0 Å². The van der Waals surface area contributed by atoms with Crippen LogP contribution >= 0.6 is 11.6 Å². The van der Waals surface area contributed by atoms with Crippen molar-refractivity contribution in [3.63, 3.8) is 0 Å². The molecule has 0 bridgehead atoms. The summed E-state index contributed by atoms with van der Waals surface area (Å²) in [7, 11) is 1.95. The van der Waals surface area contributed by atoms with Crippen molar-refractivity contribution in [3.05, 3.63) is 29.3 Å². The number of rotatable bonds is 5. The predicted molar refractivity (Wildman–Crippen MR) is 64.6 cm³/mol. The molecule has 1 unspecified atom stereocenters. The Hall–Kier alpha value is -0.730. The van der Waals surface area contributed by atoms with Gasteiger partial charge in [-0.1, -0.05) is 31.5 Å². The van der Waals surface area contributed by atoms with Crippen LogP contribution in [0.2, 0.25) is 5.02 Å². The lowest BCUT2D eigenvalue weighted by Gasteiger charge is -2.20. The van der Waals surface area contributed by atoms with Crippen molar-refractivity contribution in [2.24, 2.45) is 5.92 Å². The predicted octanol–water partition coefficient (Wildman–Crippen LogP) is 2.96. The highest BCUT2D eigenvalue weighted by molar-refractivity contribution is 6.30. The van der Waals surface area contributed by atoms with E-state index < -0.39 is 0 Å². The molecule has 1 aromatic carbocycles. The van der Waals surface area contributed by atoms with Crippen LogP contribution in [0.1, 0.15) is 13.8 Å². The topological polar surface area (TPSA) is 21.3 Å². The zero-order valence-electron chi connectivity index (χ0n) is 9.46. The van der Waals surface area contributed by atoms with Crippen LogP contribution in [0.5, 0.6) is 5.75 Å². The summed E-state index contributed by atoms with van der Waals surface area (Å²) in [6.07, 6.45) is 0. The largest absolute Gasteiger partial charge is 0.492 e. The lowest BCUT2D eigenvalue weighted by molar-refractivity contribution is 0.238. The summed E-state index contributed by atoms with van der Waals surface area (Å²) >= 11 is 5.86. The Kier molecular flexibility index (Phi) is 4.92. The highest BCUT2D eigenvalue weighted by Gasteiger charge is 2.11. The second kappa shape index (κ2) is 5.99. The fourth-order valence-electron chi connectivity index (χ4n) is 1.35. The Morgan fingerprint density at radius 2 is 2.13 bits per heavy atom. The van der Waals surface area contributed by atoms with Gasteiger partial charge in [-0.2, -0.15) is 0 Å². The van der Waals surface area contributed by atoms with Gasteiger partial charge in [0.15, 0.2) is 0 Å². The first-order chi connectivity index (χ1) is 7.13. The van der Waals surface area contributed by atoms with Gasteiger partial charge < -0.3 is 10.1 Å². The zero-order chi connectivity index (χ0) is 11.3. The summed E-state index contributed by atoms with van der Waals surface area (Å²) in [5.41, 5.74) is 0. The van der Waals surface area contributed by atoms with Crippen molar-refractivity contribution < 1.29 is 4.74 Å². The Balaban J connectivity index is 2.49. The molecule has 15 heavy (non-hydrogen) atoms. The molecule has 0 radical (unpaired) electrons. The first-order valence-electron chi connectivity index (χ1n) is 5.19. The molecule has 0 heterocycles. The van der Waals surface area contributed by atoms with E-state index in [4.69, 9.17) is 16.3 Å². The normalized spacial score (nSPS) is 12.9. The average molecular weight is 228 g/mol. The van der Waals surface area contributed by atoms with E-state index in [0.717, 1.165) is 5.75 Å². The monoisotopic (exact) mass is 227 g/mol. The van der Waals surface area contributed by atoms with Crippen LogP contribution in [0.4, 0.5) is 0 Å². The first kappa shape index (κ1) is 12.3. The number of halogens is 1. The van der Waals surface area contributed by atoms with E-state index in [9.17, 15) is 0 Å². The number of ether oxygens (including phenoxy) is 1. The second-order valence-electron chi connectivity index (χ2n) is 3.91. The number of nitrogens with one attached hydrogen (secondary N) is 1. The molecule has 0 aliphatic carbocycles. The van der Waals surface area contributed by atoms with Gasteiger partial charge in [-0.15, -0.1) is 0 Å². The van der Waals surface area contributed by atoms with Crippen LogP contribution in [0, 0.1) is 5.92 Å². The van der Waals surface area contributed by atoms with E-state index in [1.807, 2.05) is 31.3 Å². The molecule has 84 valence electrons. The third-order valence-electron chi connectivity index (χ3n) is 2.40. The van der Waals surface area contributed by atoms with Crippen molar-refractivity contribution in [2.45, 2.75) is 19.9 Å². The quantitative estimate of drug-likeness (QED) is 0.835. The van der Waals surface area contributed by atoms with Crippen LogP contribution in [0.15, 0.2) is 24.3 Å². The molecule has 0 aliphatic heterocycles. The minimum atomic E-state index is 0.365. The SMILES string of the molecule is CNC(COc1cccc(Cl)c1)C(C)C. The Morgan fingerprint density at radius 1 is 1.40 bits per heavy atom. The molecule has 0 aromatic heterocycles. The molecular formula is C12H18ClNO. The molecule has 1 N–H and O–H groups in total. The van der Waals surface area contributed by atoms with E-state index in [1.54, 1.807) is 0 Å². The maximum absolute atomic E-state index is 5.86. The molecule has 2 nitrogen and oxygen atoms in total. The highest BCUT2D eigenvalue weighted by Crippen LogP contribution is 2.17. The molecule has 0 saturated heterocycles. The molecule has 0 saturated carbocycles. The number of likely N-dealkylation sites (N-methyl/N-ethyl adjacent to an activating group) is 1. The molecule has 0 fully saturated rings. The van der Waals surface area contributed by atoms with E-state index >= 15 is 0 Å². The van der Waals surface area contributed by atoms with Gasteiger partial charge in [-0.05, 0) is 31.2 Å². The third-order valence-corrected chi connectivity index (χ3v) is 2.64. The first-order valence-corrected chi connectivity index (χ1v) is 5.57. The summed E-state index contributed by atoms with van der Waals surface area (Å²) in [5.74, 6) is 1.37. The second-order valence-corrected chi connectivity index (χ2v) is 4.34. The Morgan fingerprint density at radius 3 is 2.67 bits per heavy atom. The van der Waals surface area contributed by atoms with Crippen molar-refractivity contribution in [1.29, 1.82) is 0 Å². The van der Waals surface area contributed by atoms with Crippen LogP contribution in [0.25, 0.3) is 0 Å². The van der Waals surface area contributed by atoms with Gasteiger partial charge in [0, 0.05) is 11.1 Å². The lowest BCUT2D eigenvalue weighted by Crippen LogP contribution is -2.36. The van der Waals surface area contributed by atoms with Gasteiger partial charge in [0.2, 0.25) is 0 Å². The van der Waals surface area contributed by atoms with E-state index in [0.29, 0.717) is 23.6 Å². The molecule has 1 aromatic rings. The summed E-state index contributed by atoms with van der Waals surface area (Å²) in [6, 6.07) is 7.84. The summed E-state index contributed by atoms with van der Waals surface area (Å²) in [4.78, 5) is 0. The molecular weight excluding hydrogens is 210 g/mol. The van der Waals surface area contributed by atoms with Crippen LogP contribution in [0.3, 0.4) is 0 Å². The summed E-state index contributed by atoms with van der Waals surface area (Å²) < 4.78 is 5.65. The lowest BCUT2D eigenvalue weighted by atomic mass is 10.1. The Labute approximate surface area is 96.6 Å².